The van der Waals surface area contributed by atoms with E-state index in [1.165, 1.54) is 27.7 Å². The minimum atomic E-state index is -3.14. The van der Waals surface area contributed by atoms with Crippen molar-refractivity contribution in [1.29, 1.82) is 0 Å². The van der Waals surface area contributed by atoms with Crippen molar-refractivity contribution in [2.75, 3.05) is 24.3 Å². The third-order valence-corrected chi connectivity index (χ3v) is 8.53. The molecule has 1 atom stereocenters. The van der Waals surface area contributed by atoms with Gasteiger partial charge in [0.25, 0.3) is 5.56 Å². The summed E-state index contributed by atoms with van der Waals surface area (Å²) < 4.78 is 25.0. The van der Waals surface area contributed by atoms with Crippen LogP contribution in [0, 0.1) is 0 Å². The Balaban J connectivity index is 1.66. The summed E-state index contributed by atoms with van der Waals surface area (Å²) in [6.07, 6.45) is 0.397. The topological polar surface area (TPSA) is 129 Å². The van der Waals surface area contributed by atoms with E-state index in [4.69, 9.17) is 0 Å². The van der Waals surface area contributed by atoms with Crippen molar-refractivity contribution >= 4 is 44.4 Å². The van der Waals surface area contributed by atoms with E-state index in [0.29, 0.717) is 6.42 Å². The Bertz CT molecular complexity index is 1420. The molecule has 1 aromatic heterocycles. The Morgan fingerprint density at radius 2 is 1.94 bits per heavy atom. The van der Waals surface area contributed by atoms with Crippen LogP contribution in [0.15, 0.2) is 58.5 Å². The number of thioether (sulfide) groups is 1. The number of hydrogen-bond acceptors (Lipinski definition) is 8. The molecule has 0 spiro atoms. The average molecular weight is 501 g/mol. The van der Waals surface area contributed by atoms with Crippen LogP contribution < -0.4 is 10.7 Å². The lowest BCUT2D eigenvalue weighted by atomic mass is 10.1. The fourth-order valence-electron chi connectivity index (χ4n) is 3.86. The smallest absolute Gasteiger partial charge is 0.262 e. The van der Waals surface area contributed by atoms with Crippen molar-refractivity contribution in [1.82, 2.24) is 14.5 Å². The van der Waals surface area contributed by atoms with Crippen LogP contribution in [0.5, 0.6) is 0 Å². The van der Waals surface area contributed by atoms with E-state index in [1.54, 1.807) is 7.05 Å². The molecule has 4 rings (SSSR count). The van der Waals surface area contributed by atoms with Crippen LogP contribution in [0.3, 0.4) is 0 Å². The highest BCUT2D eigenvalue weighted by Crippen LogP contribution is 2.22. The fourth-order valence-corrected chi connectivity index (χ4v) is 6.55. The molecule has 1 amide bonds. The van der Waals surface area contributed by atoms with Gasteiger partial charge in [-0.15, -0.1) is 0 Å². The molecule has 178 valence electrons. The highest BCUT2D eigenvalue weighted by atomic mass is 32.2. The molecular weight excluding hydrogens is 478 g/mol. The minimum absolute atomic E-state index is 0.0556. The van der Waals surface area contributed by atoms with Gasteiger partial charge in [0, 0.05) is 13.1 Å². The number of hydrogen-bond donors (Lipinski definition) is 0. The van der Waals surface area contributed by atoms with Crippen molar-refractivity contribution < 1.29 is 23.1 Å². The van der Waals surface area contributed by atoms with Gasteiger partial charge in [-0.05, 0) is 29.7 Å². The SMILES string of the molecule is CN(C(=O)CSc1nc2cc(C(=O)[O-])ccc2c(=O)n1Cc1ccccc1)[C@@H]1CCS(=O)(=O)C1. The van der Waals surface area contributed by atoms with Gasteiger partial charge < -0.3 is 14.8 Å². The maximum absolute atomic E-state index is 13.3. The standard InChI is InChI=1S/C23H23N3O6S2/c1-25(17-9-10-34(31,32)14-17)20(27)13-33-23-24-19-11-16(22(29)30)7-8-18(19)21(28)26(23)12-15-5-3-2-4-6-15/h2-8,11,17H,9-10,12-14H2,1H3,(H,29,30)/p-1/t17-/m1/s1. The second-order valence-corrected chi connectivity index (χ2v) is 11.3. The van der Waals surface area contributed by atoms with E-state index in [-0.39, 0.29) is 62.9 Å². The number of nitrogens with zero attached hydrogens (tertiary/aromatic N) is 3. The number of aromatic carboxylic acids is 1. The Labute approximate surface area is 200 Å². The predicted molar refractivity (Wildman–Crippen MR) is 126 cm³/mol. The Hall–Kier alpha value is -3.18. The summed E-state index contributed by atoms with van der Waals surface area (Å²) in [4.78, 5) is 43.3. The molecule has 11 heteroatoms. The second-order valence-electron chi connectivity index (χ2n) is 8.14. The normalized spacial score (nSPS) is 17.0. The number of amides is 1. The molecule has 1 fully saturated rings. The van der Waals surface area contributed by atoms with E-state index >= 15 is 0 Å². The van der Waals surface area contributed by atoms with E-state index in [1.807, 2.05) is 30.3 Å². The van der Waals surface area contributed by atoms with E-state index in [0.717, 1.165) is 17.3 Å². The lowest BCUT2D eigenvalue weighted by Crippen LogP contribution is -2.39. The first-order chi connectivity index (χ1) is 16.1. The molecule has 2 heterocycles. The number of carboxylic acids is 1. The summed E-state index contributed by atoms with van der Waals surface area (Å²) in [7, 11) is -1.56. The zero-order chi connectivity index (χ0) is 24.5. The summed E-state index contributed by atoms with van der Waals surface area (Å²) in [6, 6.07) is 12.9. The van der Waals surface area contributed by atoms with Gasteiger partial charge >= 0.3 is 0 Å². The van der Waals surface area contributed by atoms with Gasteiger partial charge in [0.2, 0.25) is 5.91 Å². The molecule has 0 bridgehead atoms. The largest absolute Gasteiger partial charge is 0.545 e. The summed E-state index contributed by atoms with van der Waals surface area (Å²) >= 11 is 1.05. The number of carboxylic acid groups (broad SMARTS) is 1. The van der Waals surface area contributed by atoms with Crippen molar-refractivity contribution in [3.63, 3.8) is 0 Å². The van der Waals surface area contributed by atoms with E-state index in [2.05, 4.69) is 4.98 Å². The van der Waals surface area contributed by atoms with Gasteiger partial charge in [-0.25, -0.2) is 13.4 Å². The van der Waals surface area contributed by atoms with Crippen LogP contribution in [0.4, 0.5) is 0 Å². The lowest BCUT2D eigenvalue weighted by Gasteiger charge is -2.23. The van der Waals surface area contributed by atoms with Crippen molar-refractivity contribution in [3.8, 4) is 0 Å². The summed E-state index contributed by atoms with van der Waals surface area (Å²) in [5.41, 5.74) is 0.595. The molecule has 2 aromatic carbocycles. The molecule has 0 radical (unpaired) electrons. The monoisotopic (exact) mass is 500 g/mol. The number of carbonyl (C=O) groups is 2. The molecule has 0 aliphatic carbocycles. The quantitative estimate of drug-likeness (QED) is 0.340. The van der Waals surface area contributed by atoms with Crippen LogP contribution in [0.1, 0.15) is 22.3 Å². The number of fused-ring (bicyclic) bond motifs is 1. The molecule has 0 unspecified atom stereocenters. The zero-order valence-corrected chi connectivity index (χ0v) is 20.0. The van der Waals surface area contributed by atoms with Gasteiger partial charge in [0.05, 0.1) is 40.7 Å². The third-order valence-electron chi connectivity index (χ3n) is 5.81. The molecule has 1 aliphatic heterocycles. The molecule has 1 saturated heterocycles. The minimum Gasteiger partial charge on any atom is -0.545 e. The van der Waals surface area contributed by atoms with E-state index in [9.17, 15) is 27.9 Å². The van der Waals surface area contributed by atoms with Gasteiger partial charge in [-0.2, -0.15) is 0 Å². The van der Waals surface area contributed by atoms with Crippen molar-refractivity contribution in [2.24, 2.45) is 0 Å². The second kappa shape index (κ2) is 9.59. The maximum Gasteiger partial charge on any atom is 0.262 e. The number of sulfone groups is 1. The first-order valence-electron chi connectivity index (χ1n) is 10.5. The van der Waals surface area contributed by atoms with Gasteiger partial charge in [0.15, 0.2) is 15.0 Å². The Morgan fingerprint density at radius 3 is 2.59 bits per heavy atom. The van der Waals surface area contributed by atoms with Crippen LogP contribution in [0.2, 0.25) is 0 Å². The summed E-state index contributed by atoms with van der Waals surface area (Å²) in [5.74, 6) is -1.71. The highest BCUT2D eigenvalue weighted by Gasteiger charge is 2.32. The predicted octanol–water partition coefficient (Wildman–Crippen LogP) is 0.546. The zero-order valence-electron chi connectivity index (χ0n) is 18.3. The third kappa shape index (κ3) is 5.15. The van der Waals surface area contributed by atoms with Gasteiger partial charge in [-0.1, -0.05) is 48.2 Å². The van der Waals surface area contributed by atoms with Crippen LogP contribution in [-0.2, 0) is 21.2 Å². The van der Waals surface area contributed by atoms with Crippen LogP contribution in [-0.4, -0.2) is 65.1 Å². The molecule has 34 heavy (non-hydrogen) atoms. The molecule has 3 aromatic rings. The van der Waals surface area contributed by atoms with Crippen LogP contribution in [0.25, 0.3) is 10.9 Å². The molecule has 9 nitrogen and oxygen atoms in total. The number of benzene rings is 2. The molecule has 0 saturated carbocycles. The number of carbonyl (C=O) groups excluding carboxylic acids is 2. The first kappa shape index (κ1) is 24.0. The van der Waals surface area contributed by atoms with E-state index < -0.39 is 15.8 Å². The number of aromatic nitrogens is 2. The Kier molecular flexibility index (Phi) is 6.76. The van der Waals surface area contributed by atoms with Crippen molar-refractivity contribution in [3.05, 3.63) is 70.0 Å². The maximum atomic E-state index is 13.3. The molecule has 1 aliphatic rings. The molecule has 0 N–H and O–H groups in total. The van der Waals surface area contributed by atoms with Crippen LogP contribution >= 0.6 is 11.8 Å². The highest BCUT2D eigenvalue weighted by molar-refractivity contribution is 7.99. The first-order valence-corrected chi connectivity index (χ1v) is 13.3. The van der Waals surface area contributed by atoms with Crippen molar-refractivity contribution in [2.45, 2.75) is 24.2 Å². The summed E-state index contributed by atoms with van der Waals surface area (Å²) in [6.45, 7) is 0.220. The fraction of sp³-hybridized carbons (Fsp3) is 0.304. The van der Waals surface area contributed by atoms with Gasteiger partial charge in [0.1, 0.15) is 0 Å². The average Bonchev–Trinajstić information content (AvgIpc) is 3.18. The molecular formula is C23H22N3O6S2-. The van der Waals surface area contributed by atoms with Gasteiger partial charge in [-0.3, -0.25) is 14.2 Å². The Morgan fingerprint density at radius 1 is 1.21 bits per heavy atom. The summed E-state index contributed by atoms with van der Waals surface area (Å²) in [5, 5.41) is 11.8. The number of rotatable bonds is 7. The lowest BCUT2D eigenvalue weighted by molar-refractivity contribution is -0.255.